The molecule has 0 fully saturated rings. The van der Waals surface area contributed by atoms with Crippen molar-refractivity contribution in [3.8, 4) is 11.5 Å². The molecular weight excluding hydrogens is 254 g/mol. The van der Waals surface area contributed by atoms with Crippen LogP contribution in [0.1, 0.15) is 28.7 Å². The summed E-state index contributed by atoms with van der Waals surface area (Å²) in [6, 6.07) is 8.46. The summed E-state index contributed by atoms with van der Waals surface area (Å²) in [6.07, 6.45) is 0.760. The number of nitrogens with zero attached hydrogens (tertiary/aromatic N) is 1. The van der Waals surface area contributed by atoms with E-state index in [-0.39, 0.29) is 0 Å². The maximum absolute atomic E-state index is 11.1. The van der Waals surface area contributed by atoms with Crippen LogP contribution in [0.3, 0.4) is 0 Å². The van der Waals surface area contributed by atoms with E-state index >= 15 is 0 Å². The Morgan fingerprint density at radius 2 is 1.95 bits per heavy atom. The van der Waals surface area contributed by atoms with Gasteiger partial charge in [0.2, 0.25) is 5.91 Å². The van der Waals surface area contributed by atoms with Gasteiger partial charge >= 0.3 is 0 Å². The zero-order valence-corrected chi connectivity index (χ0v) is 11.5. The molecule has 0 spiro atoms. The van der Waals surface area contributed by atoms with Gasteiger partial charge in [-0.1, -0.05) is 6.92 Å². The lowest BCUT2D eigenvalue weighted by atomic mass is 10.2. The maximum atomic E-state index is 11.1. The maximum Gasteiger partial charge on any atom is 0.248 e. The fraction of sp³-hybridized carbons (Fsp3) is 0.200. The first-order chi connectivity index (χ1) is 9.51. The molecule has 0 aliphatic heterocycles. The van der Waals surface area contributed by atoms with Gasteiger partial charge in [0.15, 0.2) is 0 Å². The Morgan fingerprint density at radius 3 is 2.55 bits per heavy atom. The van der Waals surface area contributed by atoms with Crippen molar-refractivity contribution in [3.05, 3.63) is 47.3 Å². The van der Waals surface area contributed by atoms with Crippen LogP contribution >= 0.6 is 0 Å². The van der Waals surface area contributed by atoms with Crippen molar-refractivity contribution in [2.45, 2.75) is 20.3 Å². The number of rotatable bonds is 4. The lowest BCUT2D eigenvalue weighted by Gasteiger charge is -2.12. The van der Waals surface area contributed by atoms with Crippen LogP contribution in [-0.4, -0.2) is 10.9 Å². The number of primary amides is 1. The summed E-state index contributed by atoms with van der Waals surface area (Å²) in [4.78, 5) is 15.5. The Bertz CT molecular complexity index is 654. The van der Waals surface area contributed by atoms with Crippen molar-refractivity contribution < 1.29 is 9.53 Å². The molecule has 0 unspecified atom stereocenters. The molecule has 2 aromatic rings. The first kappa shape index (κ1) is 13.9. The van der Waals surface area contributed by atoms with Crippen LogP contribution in [0.5, 0.6) is 11.5 Å². The Balaban J connectivity index is 2.33. The van der Waals surface area contributed by atoms with Gasteiger partial charge in [0.05, 0.1) is 11.4 Å². The second kappa shape index (κ2) is 5.61. The molecule has 0 aliphatic rings. The minimum Gasteiger partial charge on any atom is -0.453 e. The SMILES string of the molecule is CCc1nc(C)ccc1Oc1ccc(C(N)=O)cc1N. The number of anilines is 1. The quantitative estimate of drug-likeness (QED) is 0.835. The van der Waals surface area contributed by atoms with E-state index < -0.39 is 5.91 Å². The molecule has 104 valence electrons. The van der Waals surface area contributed by atoms with E-state index in [1.807, 2.05) is 26.0 Å². The molecule has 4 N–H and O–H groups in total. The summed E-state index contributed by atoms with van der Waals surface area (Å²) in [6.45, 7) is 3.94. The standard InChI is InChI=1S/C15H17N3O2/c1-3-12-14(6-4-9(2)18-12)20-13-7-5-10(15(17)19)8-11(13)16/h4-8H,3,16H2,1-2H3,(H2,17,19). The van der Waals surface area contributed by atoms with Gasteiger partial charge in [-0.3, -0.25) is 9.78 Å². The predicted molar refractivity (Wildman–Crippen MR) is 77.8 cm³/mol. The topological polar surface area (TPSA) is 91.2 Å². The number of carbonyl (C=O) groups excluding carboxylic acids is 1. The van der Waals surface area contributed by atoms with E-state index in [1.54, 1.807) is 12.1 Å². The van der Waals surface area contributed by atoms with E-state index in [2.05, 4.69) is 4.98 Å². The second-order valence-electron chi connectivity index (χ2n) is 4.47. The number of hydrogen-bond donors (Lipinski definition) is 2. The first-order valence-electron chi connectivity index (χ1n) is 6.35. The summed E-state index contributed by atoms with van der Waals surface area (Å²) in [7, 11) is 0. The Hall–Kier alpha value is -2.56. The molecule has 20 heavy (non-hydrogen) atoms. The van der Waals surface area contributed by atoms with Gasteiger partial charge in [-0.15, -0.1) is 0 Å². The predicted octanol–water partition coefficient (Wildman–Crippen LogP) is 2.43. The van der Waals surface area contributed by atoms with Crippen LogP contribution in [0, 0.1) is 6.92 Å². The second-order valence-corrected chi connectivity index (χ2v) is 4.47. The third-order valence-electron chi connectivity index (χ3n) is 2.92. The highest BCUT2D eigenvalue weighted by Crippen LogP contribution is 2.30. The van der Waals surface area contributed by atoms with Crippen molar-refractivity contribution >= 4 is 11.6 Å². The van der Waals surface area contributed by atoms with Gasteiger partial charge in [-0.2, -0.15) is 0 Å². The number of ether oxygens (including phenoxy) is 1. The Kier molecular flexibility index (Phi) is 3.89. The molecule has 0 radical (unpaired) electrons. The average molecular weight is 271 g/mol. The highest BCUT2D eigenvalue weighted by atomic mass is 16.5. The van der Waals surface area contributed by atoms with Crippen LogP contribution in [0.2, 0.25) is 0 Å². The smallest absolute Gasteiger partial charge is 0.248 e. The van der Waals surface area contributed by atoms with Gasteiger partial charge < -0.3 is 16.2 Å². The van der Waals surface area contributed by atoms with Crippen LogP contribution in [0.25, 0.3) is 0 Å². The molecule has 0 aliphatic carbocycles. The molecule has 5 nitrogen and oxygen atoms in total. The molecule has 1 heterocycles. The monoisotopic (exact) mass is 271 g/mol. The minimum atomic E-state index is -0.519. The van der Waals surface area contributed by atoms with Crippen LogP contribution in [0.4, 0.5) is 5.69 Å². The molecule has 2 rings (SSSR count). The van der Waals surface area contributed by atoms with Crippen molar-refractivity contribution in [3.63, 3.8) is 0 Å². The number of aromatic nitrogens is 1. The zero-order chi connectivity index (χ0) is 14.7. The molecule has 1 aromatic carbocycles. The number of aryl methyl sites for hydroxylation is 2. The first-order valence-corrected chi connectivity index (χ1v) is 6.35. The number of amides is 1. The van der Waals surface area contributed by atoms with Crippen LogP contribution in [0.15, 0.2) is 30.3 Å². The van der Waals surface area contributed by atoms with Crippen molar-refractivity contribution in [2.75, 3.05) is 5.73 Å². The Labute approximate surface area is 117 Å². The number of nitrogens with two attached hydrogens (primary N) is 2. The van der Waals surface area contributed by atoms with E-state index in [0.717, 1.165) is 17.8 Å². The number of pyridine rings is 1. The van der Waals surface area contributed by atoms with Gasteiger partial charge in [-0.05, 0) is 43.7 Å². The highest BCUT2D eigenvalue weighted by molar-refractivity contribution is 5.94. The van der Waals surface area contributed by atoms with Crippen LogP contribution < -0.4 is 16.2 Å². The molecule has 0 saturated carbocycles. The van der Waals surface area contributed by atoms with Crippen LogP contribution in [-0.2, 0) is 6.42 Å². The molecule has 5 heteroatoms. The van der Waals surface area contributed by atoms with Gasteiger partial charge in [0.25, 0.3) is 0 Å². The number of carbonyl (C=O) groups is 1. The summed E-state index contributed by atoms with van der Waals surface area (Å²) >= 11 is 0. The molecule has 1 aromatic heterocycles. The highest BCUT2D eigenvalue weighted by Gasteiger charge is 2.10. The van der Waals surface area contributed by atoms with Gasteiger partial charge in [0, 0.05) is 11.3 Å². The van der Waals surface area contributed by atoms with E-state index in [1.165, 1.54) is 6.07 Å². The van der Waals surface area contributed by atoms with E-state index in [4.69, 9.17) is 16.2 Å². The molecule has 0 bridgehead atoms. The normalized spacial score (nSPS) is 10.3. The van der Waals surface area contributed by atoms with E-state index in [0.29, 0.717) is 22.7 Å². The lowest BCUT2D eigenvalue weighted by Crippen LogP contribution is -2.11. The minimum absolute atomic E-state index is 0.354. The summed E-state index contributed by atoms with van der Waals surface area (Å²) in [5.41, 5.74) is 13.6. The molecule has 0 saturated heterocycles. The molecule has 0 atom stereocenters. The summed E-state index contributed by atoms with van der Waals surface area (Å²) < 4.78 is 5.78. The molecular formula is C15H17N3O2. The largest absolute Gasteiger partial charge is 0.453 e. The van der Waals surface area contributed by atoms with Gasteiger partial charge in [0.1, 0.15) is 11.5 Å². The number of hydrogen-bond acceptors (Lipinski definition) is 4. The average Bonchev–Trinajstić information content (AvgIpc) is 2.42. The lowest BCUT2D eigenvalue weighted by molar-refractivity contribution is 0.100. The number of nitrogen functional groups attached to an aromatic ring is 1. The molecule has 1 amide bonds. The van der Waals surface area contributed by atoms with Crippen molar-refractivity contribution in [1.82, 2.24) is 4.98 Å². The summed E-state index contributed by atoms with van der Waals surface area (Å²) in [5.74, 6) is 0.626. The van der Waals surface area contributed by atoms with E-state index in [9.17, 15) is 4.79 Å². The zero-order valence-electron chi connectivity index (χ0n) is 11.5. The number of benzene rings is 1. The third kappa shape index (κ3) is 2.88. The third-order valence-corrected chi connectivity index (χ3v) is 2.92. The Morgan fingerprint density at radius 1 is 1.25 bits per heavy atom. The fourth-order valence-electron chi connectivity index (χ4n) is 1.86. The summed E-state index contributed by atoms with van der Waals surface area (Å²) in [5, 5.41) is 0. The fourth-order valence-corrected chi connectivity index (χ4v) is 1.86. The van der Waals surface area contributed by atoms with Crippen molar-refractivity contribution in [1.29, 1.82) is 0 Å². The van der Waals surface area contributed by atoms with Crippen molar-refractivity contribution in [2.24, 2.45) is 5.73 Å². The van der Waals surface area contributed by atoms with Gasteiger partial charge in [-0.25, -0.2) is 0 Å².